The number of hydrogen-bond donors (Lipinski definition) is 0. The number of hydrogen-bond acceptors (Lipinski definition) is 5. The van der Waals surface area contributed by atoms with Crippen LogP contribution in [-0.2, 0) is 0 Å². The lowest BCUT2D eigenvalue weighted by molar-refractivity contribution is 1.18. The third-order valence-electron chi connectivity index (χ3n) is 11.2. The highest BCUT2D eigenvalue weighted by Crippen LogP contribution is 2.37. The predicted molar refractivity (Wildman–Crippen MR) is 243 cm³/mol. The van der Waals surface area contributed by atoms with Crippen LogP contribution in [0.1, 0.15) is 5.69 Å². The van der Waals surface area contributed by atoms with Gasteiger partial charge in [0, 0.05) is 55.9 Å². The van der Waals surface area contributed by atoms with E-state index in [2.05, 4.69) is 171 Å². The zero-order valence-corrected chi connectivity index (χ0v) is 32.2. The number of nitrogens with zero attached hydrogens (tertiary/aromatic N) is 5. The molecule has 0 N–H and O–H groups in total. The molecule has 0 fully saturated rings. The summed E-state index contributed by atoms with van der Waals surface area (Å²) in [5.41, 5.74) is 14.8. The van der Waals surface area contributed by atoms with E-state index in [9.17, 15) is 0 Å². The van der Waals surface area contributed by atoms with Gasteiger partial charge in [0.1, 0.15) is 0 Å². The van der Waals surface area contributed by atoms with Crippen LogP contribution in [0.5, 0.6) is 0 Å². The molecular formula is C54H35N5. The normalized spacial score (nSPS) is 11.5. The van der Waals surface area contributed by atoms with Crippen molar-refractivity contribution in [1.82, 2.24) is 24.9 Å². The van der Waals surface area contributed by atoms with Gasteiger partial charge < -0.3 is 0 Å². The summed E-state index contributed by atoms with van der Waals surface area (Å²) >= 11 is 0. The predicted octanol–water partition coefficient (Wildman–Crippen LogP) is 13.6. The third kappa shape index (κ3) is 6.26. The van der Waals surface area contributed by atoms with E-state index in [4.69, 9.17) is 24.9 Å². The van der Waals surface area contributed by atoms with E-state index >= 15 is 0 Å². The molecule has 0 atom stereocenters. The topological polar surface area (TPSA) is 64.5 Å². The van der Waals surface area contributed by atoms with Crippen LogP contribution in [0.3, 0.4) is 0 Å². The largest absolute Gasteiger partial charge is 0.256 e. The van der Waals surface area contributed by atoms with Crippen molar-refractivity contribution in [3.8, 4) is 67.4 Å². The van der Waals surface area contributed by atoms with Gasteiger partial charge in [-0.1, -0.05) is 158 Å². The molecule has 0 spiro atoms. The fourth-order valence-electron chi connectivity index (χ4n) is 8.30. The molecule has 0 saturated heterocycles. The van der Waals surface area contributed by atoms with Crippen LogP contribution < -0.4 is 0 Å². The molecule has 0 aliphatic heterocycles. The fourth-order valence-corrected chi connectivity index (χ4v) is 8.30. The van der Waals surface area contributed by atoms with Gasteiger partial charge in [0.05, 0.1) is 33.6 Å². The summed E-state index contributed by atoms with van der Waals surface area (Å²) in [5, 5.41) is 5.69. The Balaban J connectivity index is 0.988. The van der Waals surface area contributed by atoms with E-state index in [1.807, 2.05) is 30.5 Å². The quantitative estimate of drug-likeness (QED) is 0.158. The van der Waals surface area contributed by atoms with Crippen molar-refractivity contribution >= 4 is 43.5 Å². The second-order valence-electron chi connectivity index (χ2n) is 14.9. The lowest BCUT2D eigenvalue weighted by atomic mass is 9.94. The molecule has 11 aromatic rings. The fraction of sp³-hybridized carbons (Fsp3) is 0.0185. The van der Waals surface area contributed by atoms with Gasteiger partial charge in [-0.25, -0.2) is 15.0 Å². The molecule has 0 saturated carbocycles. The van der Waals surface area contributed by atoms with Crippen molar-refractivity contribution in [1.29, 1.82) is 0 Å². The van der Waals surface area contributed by atoms with Crippen molar-refractivity contribution in [3.63, 3.8) is 0 Å². The van der Waals surface area contributed by atoms with Crippen molar-refractivity contribution in [2.45, 2.75) is 6.92 Å². The van der Waals surface area contributed by atoms with Crippen molar-refractivity contribution in [3.05, 3.63) is 200 Å². The molecule has 7 aromatic carbocycles. The Hall–Kier alpha value is -7.89. The van der Waals surface area contributed by atoms with E-state index in [0.29, 0.717) is 5.82 Å². The molecule has 11 rings (SSSR count). The Bertz CT molecular complexity index is 3380. The van der Waals surface area contributed by atoms with Crippen molar-refractivity contribution in [2.75, 3.05) is 0 Å². The van der Waals surface area contributed by atoms with Gasteiger partial charge >= 0.3 is 0 Å². The van der Waals surface area contributed by atoms with Crippen LogP contribution >= 0.6 is 0 Å². The molecular weight excluding hydrogens is 719 g/mol. The SMILES string of the molecule is Cc1cc(-c2cccc3ccccc23)c2ccc3ccc(-c4ccc(-c5nc(-c6ccccc6)cc(-c6cccc(-c7cccc8cccnc78)c6)n5)cc4)nc3c2n1. The highest BCUT2D eigenvalue weighted by atomic mass is 14.9. The van der Waals surface area contributed by atoms with Gasteiger partial charge in [-0.3, -0.25) is 9.97 Å². The first-order valence-electron chi connectivity index (χ1n) is 19.8. The van der Waals surface area contributed by atoms with Crippen molar-refractivity contribution in [2.24, 2.45) is 0 Å². The number of pyridine rings is 3. The third-order valence-corrected chi connectivity index (χ3v) is 11.2. The number of fused-ring (bicyclic) bond motifs is 5. The molecule has 276 valence electrons. The van der Waals surface area contributed by atoms with Gasteiger partial charge in [-0.2, -0.15) is 0 Å². The molecule has 59 heavy (non-hydrogen) atoms. The van der Waals surface area contributed by atoms with E-state index in [-0.39, 0.29) is 0 Å². The minimum absolute atomic E-state index is 0.656. The Morgan fingerprint density at radius 2 is 0.966 bits per heavy atom. The summed E-state index contributed by atoms with van der Waals surface area (Å²) in [4.78, 5) is 25.4. The molecule has 0 aliphatic carbocycles. The Kier molecular flexibility index (Phi) is 8.30. The minimum atomic E-state index is 0.656. The highest BCUT2D eigenvalue weighted by molar-refractivity contribution is 6.11. The summed E-state index contributed by atoms with van der Waals surface area (Å²) < 4.78 is 0. The summed E-state index contributed by atoms with van der Waals surface area (Å²) in [6, 6.07) is 65.5. The zero-order chi connectivity index (χ0) is 39.3. The minimum Gasteiger partial charge on any atom is -0.256 e. The monoisotopic (exact) mass is 753 g/mol. The lowest BCUT2D eigenvalue weighted by Crippen LogP contribution is -1.96. The van der Waals surface area contributed by atoms with Gasteiger partial charge in [0.25, 0.3) is 0 Å². The second-order valence-corrected chi connectivity index (χ2v) is 14.9. The van der Waals surface area contributed by atoms with Gasteiger partial charge in [0.2, 0.25) is 0 Å². The average Bonchev–Trinajstić information content (AvgIpc) is 3.31. The molecule has 0 aliphatic rings. The molecule has 0 bridgehead atoms. The molecule has 5 heteroatoms. The maximum Gasteiger partial charge on any atom is 0.160 e. The summed E-state index contributed by atoms with van der Waals surface area (Å²) in [5.74, 6) is 0.656. The highest BCUT2D eigenvalue weighted by Gasteiger charge is 2.16. The van der Waals surface area contributed by atoms with Gasteiger partial charge in [-0.05, 0) is 64.7 Å². The summed E-state index contributed by atoms with van der Waals surface area (Å²) in [6.45, 7) is 2.06. The van der Waals surface area contributed by atoms with Crippen LogP contribution in [0.15, 0.2) is 194 Å². The first kappa shape index (κ1) is 34.4. The van der Waals surface area contributed by atoms with Crippen LogP contribution in [-0.4, -0.2) is 24.9 Å². The number of aryl methyl sites for hydroxylation is 1. The zero-order valence-electron chi connectivity index (χ0n) is 32.2. The van der Waals surface area contributed by atoms with Crippen LogP contribution in [0.2, 0.25) is 0 Å². The second kappa shape index (κ2) is 14.2. The number of benzene rings is 7. The number of para-hydroxylation sites is 1. The maximum atomic E-state index is 5.28. The smallest absolute Gasteiger partial charge is 0.160 e. The molecule has 0 amide bonds. The lowest BCUT2D eigenvalue weighted by Gasteiger charge is -2.13. The molecule has 0 radical (unpaired) electrons. The van der Waals surface area contributed by atoms with E-state index in [0.717, 1.165) is 94.4 Å². The summed E-state index contributed by atoms with van der Waals surface area (Å²) in [7, 11) is 0. The standard InChI is InChI=1S/C54H35N5/c1-34-31-47(45-21-8-14-35-11-5-6-19-43(35)45)46-28-26-39-27-29-48(57-52(39)53(46)56-34)37-22-24-40(25-23-37)54-58-49(36-12-3-2-4-13-36)33-50(59-54)42-17-7-16-41(32-42)44-20-9-15-38-18-10-30-55-51(38)44/h2-33H,1H3. The number of rotatable bonds is 6. The van der Waals surface area contributed by atoms with Crippen LogP contribution in [0, 0.1) is 6.92 Å². The van der Waals surface area contributed by atoms with Crippen LogP contribution in [0.25, 0.3) is 111 Å². The number of aromatic nitrogens is 5. The van der Waals surface area contributed by atoms with Crippen molar-refractivity contribution < 1.29 is 0 Å². The maximum absolute atomic E-state index is 5.28. The Morgan fingerprint density at radius 1 is 0.322 bits per heavy atom. The molecule has 4 aromatic heterocycles. The Labute approximate surface area is 341 Å². The first-order chi connectivity index (χ1) is 29.1. The van der Waals surface area contributed by atoms with E-state index < -0.39 is 0 Å². The summed E-state index contributed by atoms with van der Waals surface area (Å²) in [6.07, 6.45) is 1.85. The van der Waals surface area contributed by atoms with Gasteiger partial charge in [-0.15, -0.1) is 0 Å². The molecule has 4 heterocycles. The average molecular weight is 754 g/mol. The van der Waals surface area contributed by atoms with E-state index in [1.54, 1.807) is 0 Å². The first-order valence-corrected chi connectivity index (χ1v) is 19.8. The van der Waals surface area contributed by atoms with E-state index in [1.165, 1.54) is 16.3 Å². The van der Waals surface area contributed by atoms with Crippen LogP contribution in [0.4, 0.5) is 0 Å². The van der Waals surface area contributed by atoms with Gasteiger partial charge in [0.15, 0.2) is 5.82 Å². The molecule has 5 nitrogen and oxygen atoms in total. The molecule has 0 unspecified atom stereocenters. The Morgan fingerprint density at radius 3 is 1.85 bits per heavy atom.